The first-order valence-electron chi connectivity index (χ1n) is 8.38. The minimum atomic E-state index is -0.0676. The lowest BCUT2D eigenvalue weighted by Gasteiger charge is -2.34. The monoisotopic (exact) mass is 358 g/mol. The van der Waals surface area contributed by atoms with Crippen molar-refractivity contribution in [1.29, 1.82) is 0 Å². The lowest BCUT2D eigenvalue weighted by Crippen LogP contribution is -2.50. The molecule has 0 saturated carbocycles. The number of thiazole rings is 1. The number of amides is 2. The molecule has 2 N–H and O–H groups in total. The van der Waals surface area contributed by atoms with Gasteiger partial charge in [-0.15, -0.1) is 11.3 Å². The van der Waals surface area contributed by atoms with Gasteiger partial charge in [-0.3, -0.25) is 9.59 Å². The van der Waals surface area contributed by atoms with Crippen LogP contribution in [0.4, 0.5) is 0 Å². The van der Waals surface area contributed by atoms with Crippen molar-refractivity contribution < 1.29 is 9.59 Å². The molecule has 1 aromatic heterocycles. The second-order valence-electron chi connectivity index (χ2n) is 6.12. The van der Waals surface area contributed by atoms with Crippen LogP contribution in [-0.4, -0.2) is 59.3 Å². The van der Waals surface area contributed by atoms with E-state index in [0.29, 0.717) is 50.4 Å². The zero-order chi connectivity index (χ0) is 17.8. The first-order chi connectivity index (χ1) is 12.1. The summed E-state index contributed by atoms with van der Waals surface area (Å²) in [6, 6.07) is 7.58. The summed E-state index contributed by atoms with van der Waals surface area (Å²) >= 11 is 1.47. The number of hydrogen-bond donors (Lipinski definition) is 1. The number of carbonyl (C=O) groups excluding carboxylic acids is 2. The van der Waals surface area contributed by atoms with Gasteiger partial charge in [0.1, 0.15) is 5.69 Å². The van der Waals surface area contributed by atoms with Crippen molar-refractivity contribution in [3.63, 3.8) is 0 Å². The van der Waals surface area contributed by atoms with E-state index in [1.165, 1.54) is 11.3 Å². The summed E-state index contributed by atoms with van der Waals surface area (Å²) in [4.78, 5) is 33.0. The van der Waals surface area contributed by atoms with Crippen LogP contribution in [0.1, 0.15) is 31.4 Å². The number of benzene rings is 1. The van der Waals surface area contributed by atoms with Crippen molar-refractivity contribution in [1.82, 2.24) is 14.8 Å². The fraction of sp³-hybridized carbons (Fsp3) is 0.389. The van der Waals surface area contributed by atoms with Crippen LogP contribution in [0, 0.1) is 6.92 Å². The molecule has 1 fully saturated rings. The molecule has 1 aromatic carbocycles. The maximum Gasteiger partial charge on any atom is 0.273 e. The van der Waals surface area contributed by atoms with Crippen molar-refractivity contribution in [3.05, 3.63) is 51.5 Å². The molecule has 2 aromatic rings. The van der Waals surface area contributed by atoms with E-state index in [0.717, 1.165) is 10.6 Å². The third kappa shape index (κ3) is 4.05. The van der Waals surface area contributed by atoms with Crippen LogP contribution in [-0.2, 0) is 6.42 Å². The lowest BCUT2D eigenvalue weighted by molar-refractivity contribution is 0.0532. The Morgan fingerprint density at radius 1 is 1.08 bits per heavy atom. The van der Waals surface area contributed by atoms with Crippen molar-refractivity contribution in [2.24, 2.45) is 5.73 Å². The summed E-state index contributed by atoms with van der Waals surface area (Å²) in [7, 11) is 0. The van der Waals surface area contributed by atoms with E-state index in [1.54, 1.807) is 15.2 Å². The summed E-state index contributed by atoms with van der Waals surface area (Å²) in [6.07, 6.45) is 0.691. The molecule has 1 saturated heterocycles. The molecular formula is C18H22N4O2S. The summed E-state index contributed by atoms with van der Waals surface area (Å²) in [5.74, 6) is -0.0482. The van der Waals surface area contributed by atoms with Crippen molar-refractivity contribution >= 4 is 23.2 Å². The molecule has 2 heterocycles. The van der Waals surface area contributed by atoms with E-state index in [2.05, 4.69) is 4.98 Å². The Hall–Kier alpha value is -2.25. The van der Waals surface area contributed by atoms with E-state index < -0.39 is 0 Å². The normalized spacial score (nSPS) is 14.6. The fourth-order valence-electron chi connectivity index (χ4n) is 2.80. The van der Waals surface area contributed by atoms with Crippen LogP contribution in [0.15, 0.2) is 29.6 Å². The van der Waals surface area contributed by atoms with Crippen molar-refractivity contribution in [2.75, 3.05) is 32.7 Å². The quantitative estimate of drug-likeness (QED) is 0.899. The average Bonchev–Trinajstić information content (AvgIpc) is 3.10. The summed E-state index contributed by atoms with van der Waals surface area (Å²) in [5, 5.41) is 2.68. The molecular weight excluding hydrogens is 336 g/mol. The number of nitrogens with two attached hydrogens (primary N) is 1. The Bertz CT molecular complexity index is 749. The van der Waals surface area contributed by atoms with Gasteiger partial charge in [0.2, 0.25) is 0 Å². The molecule has 1 aliphatic rings. The van der Waals surface area contributed by atoms with Crippen LogP contribution in [0.25, 0.3) is 0 Å². The standard InChI is InChI=1S/C18H22N4O2S/c1-13-2-4-14(5-3-13)17(23)21-8-10-22(11-9-21)18(24)15-12-25-16(20-15)6-7-19/h2-5,12H,6-11,19H2,1H3. The minimum absolute atomic E-state index is 0.0194. The van der Waals surface area contributed by atoms with Gasteiger partial charge in [-0.05, 0) is 25.6 Å². The second kappa shape index (κ2) is 7.76. The van der Waals surface area contributed by atoms with Crippen molar-refractivity contribution in [3.8, 4) is 0 Å². The highest BCUT2D eigenvalue weighted by molar-refractivity contribution is 7.09. The molecule has 0 aliphatic carbocycles. The van der Waals surface area contributed by atoms with Gasteiger partial charge in [-0.25, -0.2) is 4.98 Å². The molecule has 0 atom stereocenters. The van der Waals surface area contributed by atoms with Crippen LogP contribution in [0.3, 0.4) is 0 Å². The first kappa shape index (κ1) is 17.6. The van der Waals surface area contributed by atoms with Gasteiger partial charge in [0.25, 0.3) is 11.8 Å². The highest BCUT2D eigenvalue weighted by Crippen LogP contribution is 2.15. The molecule has 25 heavy (non-hydrogen) atoms. The molecule has 7 heteroatoms. The van der Waals surface area contributed by atoms with E-state index in [-0.39, 0.29) is 11.8 Å². The molecule has 0 unspecified atom stereocenters. The van der Waals surface area contributed by atoms with E-state index >= 15 is 0 Å². The van der Waals surface area contributed by atoms with Crippen molar-refractivity contribution in [2.45, 2.75) is 13.3 Å². The van der Waals surface area contributed by atoms with Gasteiger partial charge in [0.15, 0.2) is 0 Å². The maximum atomic E-state index is 12.5. The number of rotatable bonds is 4. The predicted molar refractivity (Wildman–Crippen MR) is 97.9 cm³/mol. The Labute approximate surface area is 151 Å². The van der Waals surface area contributed by atoms with E-state index in [4.69, 9.17) is 5.73 Å². The molecule has 6 nitrogen and oxygen atoms in total. The Kier molecular flexibility index (Phi) is 5.45. The van der Waals surface area contributed by atoms with Crippen LogP contribution >= 0.6 is 11.3 Å². The smallest absolute Gasteiger partial charge is 0.273 e. The largest absolute Gasteiger partial charge is 0.335 e. The number of aromatic nitrogens is 1. The zero-order valence-electron chi connectivity index (χ0n) is 14.3. The molecule has 0 bridgehead atoms. The summed E-state index contributed by atoms with van der Waals surface area (Å²) in [5.41, 5.74) is 7.82. The molecule has 2 amide bonds. The van der Waals surface area contributed by atoms with Crippen LogP contribution < -0.4 is 5.73 Å². The average molecular weight is 358 g/mol. The lowest BCUT2D eigenvalue weighted by atomic mass is 10.1. The van der Waals surface area contributed by atoms with Crippen LogP contribution in [0.2, 0.25) is 0 Å². The highest BCUT2D eigenvalue weighted by Gasteiger charge is 2.26. The Balaban J connectivity index is 1.58. The molecule has 132 valence electrons. The molecule has 1 aliphatic heterocycles. The number of piperazine rings is 1. The topological polar surface area (TPSA) is 79.5 Å². The molecule has 3 rings (SSSR count). The molecule has 0 radical (unpaired) electrons. The number of hydrogen-bond acceptors (Lipinski definition) is 5. The Morgan fingerprint density at radius 2 is 1.68 bits per heavy atom. The van der Waals surface area contributed by atoms with E-state index in [1.807, 2.05) is 31.2 Å². The third-order valence-corrected chi connectivity index (χ3v) is 5.19. The van der Waals surface area contributed by atoms with Gasteiger partial charge in [-0.2, -0.15) is 0 Å². The predicted octanol–water partition coefficient (Wildman–Crippen LogP) is 1.55. The summed E-state index contributed by atoms with van der Waals surface area (Å²) < 4.78 is 0. The number of nitrogens with zero attached hydrogens (tertiary/aromatic N) is 3. The van der Waals surface area contributed by atoms with Gasteiger partial charge in [0.05, 0.1) is 5.01 Å². The van der Waals surface area contributed by atoms with Gasteiger partial charge < -0.3 is 15.5 Å². The minimum Gasteiger partial charge on any atom is -0.335 e. The van der Waals surface area contributed by atoms with Crippen LogP contribution in [0.5, 0.6) is 0 Å². The van der Waals surface area contributed by atoms with Gasteiger partial charge in [0, 0.05) is 43.5 Å². The highest BCUT2D eigenvalue weighted by atomic mass is 32.1. The third-order valence-electron chi connectivity index (χ3n) is 4.28. The molecule has 0 spiro atoms. The zero-order valence-corrected chi connectivity index (χ0v) is 15.1. The SMILES string of the molecule is Cc1ccc(C(=O)N2CCN(C(=O)c3csc(CCN)n3)CC2)cc1. The second-order valence-corrected chi connectivity index (χ2v) is 7.06. The Morgan fingerprint density at radius 3 is 2.28 bits per heavy atom. The van der Waals surface area contributed by atoms with Gasteiger partial charge in [-0.1, -0.05) is 17.7 Å². The first-order valence-corrected chi connectivity index (χ1v) is 9.26. The summed E-state index contributed by atoms with van der Waals surface area (Å²) in [6.45, 7) is 4.66. The van der Waals surface area contributed by atoms with Gasteiger partial charge >= 0.3 is 0 Å². The number of aryl methyl sites for hydroxylation is 1. The maximum absolute atomic E-state index is 12.5. The fourth-order valence-corrected chi connectivity index (χ4v) is 3.59. The number of carbonyl (C=O) groups is 2. The van der Waals surface area contributed by atoms with E-state index in [9.17, 15) is 9.59 Å².